The first-order valence-corrected chi connectivity index (χ1v) is 8.01. The van der Waals surface area contributed by atoms with Gasteiger partial charge in [-0.2, -0.15) is 13.2 Å². The molecular weight excluding hydrogens is 339 g/mol. The number of halogens is 3. The van der Waals surface area contributed by atoms with Crippen LogP contribution in [0, 0.1) is 0 Å². The molecule has 0 atom stereocenters. The Labute approximate surface area is 147 Å². The molecule has 3 aromatic carbocycles. The molecule has 0 unspecified atom stereocenters. The number of alkyl halides is 3. The minimum absolute atomic E-state index is 0.105. The Balaban J connectivity index is 2.06. The summed E-state index contributed by atoms with van der Waals surface area (Å²) in [6.07, 6.45) is -4.47. The summed E-state index contributed by atoms with van der Waals surface area (Å²) >= 11 is 0. The van der Waals surface area contributed by atoms with E-state index in [0.29, 0.717) is 22.2 Å². The molecule has 26 heavy (non-hydrogen) atoms. The van der Waals surface area contributed by atoms with Crippen molar-refractivity contribution in [3.63, 3.8) is 0 Å². The molecule has 0 radical (unpaired) electrons. The predicted molar refractivity (Wildman–Crippen MR) is 96.2 cm³/mol. The second kappa shape index (κ2) is 6.02. The lowest BCUT2D eigenvalue weighted by Crippen LogP contribution is -2.07. The first kappa shape index (κ1) is 16.4. The number of ether oxygens (including phenoxy) is 1. The lowest BCUT2D eigenvalue weighted by Gasteiger charge is -2.14. The molecule has 2 nitrogen and oxygen atoms in total. The van der Waals surface area contributed by atoms with Crippen molar-refractivity contribution in [2.24, 2.45) is 0 Å². The summed E-state index contributed by atoms with van der Waals surface area (Å²) in [5.74, 6) is 0.635. The van der Waals surface area contributed by atoms with Gasteiger partial charge < -0.3 is 4.74 Å². The maximum absolute atomic E-state index is 13.7. The first-order valence-electron chi connectivity index (χ1n) is 8.01. The first-order chi connectivity index (χ1) is 12.5. The van der Waals surface area contributed by atoms with Gasteiger partial charge in [0.15, 0.2) is 0 Å². The van der Waals surface area contributed by atoms with Crippen LogP contribution in [0.3, 0.4) is 0 Å². The molecule has 1 aromatic heterocycles. The monoisotopic (exact) mass is 353 g/mol. The number of fused-ring (bicyclic) bond motifs is 3. The normalized spacial score (nSPS) is 11.8. The molecule has 0 spiro atoms. The minimum atomic E-state index is -4.47. The van der Waals surface area contributed by atoms with E-state index in [4.69, 9.17) is 4.74 Å². The van der Waals surface area contributed by atoms with Crippen molar-refractivity contribution >= 4 is 21.7 Å². The van der Waals surface area contributed by atoms with Gasteiger partial charge in [0.1, 0.15) is 5.75 Å². The van der Waals surface area contributed by atoms with Crippen LogP contribution in [0.1, 0.15) is 5.56 Å². The molecule has 0 aliphatic carbocycles. The summed E-state index contributed by atoms with van der Waals surface area (Å²) in [6, 6.07) is 18.4. The summed E-state index contributed by atoms with van der Waals surface area (Å²) in [5, 5.41) is 1.66. The summed E-state index contributed by atoms with van der Waals surface area (Å²) in [4.78, 5) is 4.56. The average molecular weight is 353 g/mol. The van der Waals surface area contributed by atoms with Gasteiger partial charge in [0.05, 0.1) is 23.9 Å². The van der Waals surface area contributed by atoms with Gasteiger partial charge in [-0.3, -0.25) is 0 Å². The highest BCUT2D eigenvalue weighted by molar-refractivity contribution is 6.07. The third-order valence-corrected chi connectivity index (χ3v) is 4.40. The van der Waals surface area contributed by atoms with E-state index < -0.39 is 11.7 Å². The summed E-state index contributed by atoms with van der Waals surface area (Å²) in [6.45, 7) is 0. The highest BCUT2D eigenvalue weighted by Gasteiger charge is 2.33. The predicted octanol–water partition coefficient (Wildman–Crippen LogP) is 6.08. The van der Waals surface area contributed by atoms with Gasteiger partial charge in [0.2, 0.25) is 0 Å². The molecule has 0 bridgehead atoms. The van der Waals surface area contributed by atoms with Gasteiger partial charge in [-0.05, 0) is 35.7 Å². The zero-order valence-electron chi connectivity index (χ0n) is 13.8. The molecule has 0 amide bonds. The molecule has 4 rings (SSSR count). The standard InChI is InChI=1S/C21H14F3NO/c1-26-15-9-6-14(7-10-15)19-12-18(21(22,23)24)17-11-8-13-4-2-3-5-16(13)20(17)25-19/h2-12H,1H3. The average Bonchev–Trinajstić information content (AvgIpc) is 2.66. The van der Waals surface area contributed by atoms with Crippen LogP contribution in [0.25, 0.3) is 32.9 Å². The summed E-state index contributed by atoms with van der Waals surface area (Å²) in [7, 11) is 1.54. The van der Waals surface area contributed by atoms with Crippen LogP contribution in [0.15, 0.2) is 66.7 Å². The fraction of sp³-hybridized carbons (Fsp3) is 0.0952. The van der Waals surface area contributed by atoms with Crippen LogP contribution in [0.2, 0.25) is 0 Å². The summed E-state index contributed by atoms with van der Waals surface area (Å²) < 4.78 is 46.2. The van der Waals surface area contributed by atoms with Crippen molar-refractivity contribution in [1.29, 1.82) is 0 Å². The van der Waals surface area contributed by atoms with Crippen molar-refractivity contribution in [2.45, 2.75) is 6.18 Å². The van der Waals surface area contributed by atoms with Gasteiger partial charge in [-0.1, -0.05) is 36.4 Å². The number of benzene rings is 3. The van der Waals surface area contributed by atoms with E-state index in [2.05, 4.69) is 4.98 Å². The van der Waals surface area contributed by atoms with E-state index in [-0.39, 0.29) is 11.1 Å². The Morgan fingerprint density at radius 2 is 1.58 bits per heavy atom. The number of nitrogens with zero attached hydrogens (tertiary/aromatic N) is 1. The Bertz CT molecular complexity index is 1100. The van der Waals surface area contributed by atoms with Gasteiger partial charge in [-0.15, -0.1) is 0 Å². The SMILES string of the molecule is COc1ccc(-c2cc(C(F)(F)F)c3ccc4ccccc4c3n2)cc1. The van der Waals surface area contributed by atoms with Crippen LogP contribution >= 0.6 is 0 Å². The van der Waals surface area contributed by atoms with Crippen LogP contribution in [-0.2, 0) is 6.18 Å². The lowest BCUT2D eigenvalue weighted by atomic mass is 10.00. The topological polar surface area (TPSA) is 22.1 Å². The molecule has 0 saturated carbocycles. The zero-order chi connectivity index (χ0) is 18.3. The second-order valence-electron chi connectivity index (χ2n) is 5.96. The molecular formula is C21H14F3NO. The fourth-order valence-corrected chi connectivity index (χ4v) is 3.10. The molecule has 1 heterocycles. The lowest BCUT2D eigenvalue weighted by molar-refractivity contribution is -0.136. The quantitative estimate of drug-likeness (QED) is 0.407. The van der Waals surface area contributed by atoms with E-state index in [1.807, 2.05) is 12.1 Å². The molecule has 5 heteroatoms. The van der Waals surface area contributed by atoms with Crippen molar-refractivity contribution in [2.75, 3.05) is 7.11 Å². The number of pyridine rings is 1. The van der Waals surface area contributed by atoms with E-state index in [1.165, 1.54) is 13.2 Å². The smallest absolute Gasteiger partial charge is 0.417 e. The van der Waals surface area contributed by atoms with E-state index in [9.17, 15) is 13.2 Å². The number of aromatic nitrogens is 1. The van der Waals surface area contributed by atoms with E-state index in [0.717, 1.165) is 11.5 Å². The Morgan fingerprint density at radius 3 is 2.27 bits per heavy atom. The largest absolute Gasteiger partial charge is 0.497 e. The molecule has 0 N–H and O–H groups in total. The van der Waals surface area contributed by atoms with Crippen molar-refractivity contribution in [3.8, 4) is 17.0 Å². The van der Waals surface area contributed by atoms with Crippen LogP contribution in [-0.4, -0.2) is 12.1 Å². The number of hydrogen-bond donors (Lipinski definition) is 0. The van der Waals surface area contributed by atoms with Gasteiger partial charge in [-0.25, -0.2) is 4.98 Å². The van der Waals surface area contributed by atoms with E-state index >= 15 is 0 Å². The van der Waals surface area contributed by atoms with Gasteiger partial charge in [0, 0.05) is 16.3 Å². The van der Waals surface area contributed by atoms with Crippen LogP contribution in [0.5, 0.6) is 5.75 Å². The molecule has 0 aliphatic rings. The number of methoxy groups -OCH3 is 1. The molecule has 4 aromatic rings. The Morgan fingerprint density at radius 1 is 0.846 bits per heavy atom. The molecule has 0 saturated heterocycles. The van der Waals surface area contributed by atoms with E-state index in [1.54, 1.807) is 42.5 Å². The maximum Gasteiger partial charge on any atom is 0.417 e. The Kier molecular flexibility index (Phi) is 3.80. The third kappa shape index (κ3) is 2.75. The number of rotatable bonds is 2. The van der Waals surface area contributed by atoms with Crippen LogP contribution < -0.4 is 4.74 Å². The molecule has 0 aliphatic heterocycles. The summed E-state index contributed by atoms with van der Waals surface area (Å²) in [5.41, 5.74) is 0.553. The third-order valence-electron chi connectivity index (χ3n) is 4.40. The zero-order valence-corrected chi connectivity index (χ0v) is 13.8. The van der Waals surface area contributed by atoms with Gasteiger partial charge in [0.25, 0.3) is 0 Å². The second-order valence-corrected chi connectivity index (χ2v) is 5.96. The number of hydrogen-bond acceptors (Lipinski definition) is 2. The van der Waals surface area contributed by atoms with Crippen molar-refractivity contribution < 1.29 is 17.9 Å². The van der Waals surface area contributed by atoms with Crippen molar-refractivity contribution in [3.05, 3.63) is 72.3 Å². The molecule has 0 fully saturated rings. The highest BCUT2D eigenvalue weighted by atomic mass is 19.4. The minimum Gasteiger partial charge on any atom is -0.497 e. The maximum atomic E-state index is 13.7. The Hall–Kier alpha value is -3.08. The van der Waals surface area contributed by atoms with Crippen LogP contribution in [0.4, 0.5) is 13.2 Å². The van der Waals surface area contributed by atoms with Crippen molar-refractivity contribution in [1.82, 2.24) is 4.98 Å². The highest BCUT2D eigenvalue weighted by Crippen LogP contribution is 2.38. The van der Waals surface area contributed by atoms with Gasteiger partial charge >= 0.3 is 6.18 Å². The fourth-order valence-electron chi connectivity index (χ4n) is 3.10. The molecule has 130 valence electrons.